The molecular weight excluding hydrogens is 454 g/mol. The zero-order chi connectivity index (χ0) is 22.9. The highest BCUT2D eigenvalue weighted by Gasteiger charge is 2.22. The van der Waals surface area contributed by atoms with Crippen molar-refractivity contribution >= 4 is 44.6 Å². The van der Waals surface area contributed by atoms with Gasteiger partial charge in [-0.3, -0.25) is 9.78 Å². The molecule has 0 spiro atoms. The number of ether oxygens (including phenoxy) is 1. The van der Waals surface area contributed by atoms with E-state index in [0.29, 0.717) is 26.0 Å². The molecule has 0 aliphatic heterocycles. The highest BCUT2D eigenvalue weighted by molar-refractivity contribution is 7.21. The van der Waals surface area contributed by atoms with Crippen molar-refractivity contribution in [3.05, 3.63) is 94.6 Å². The fourth-order valence-electron chi connectivity index (χ4n) is 3.68. The predicted molar refractivity (Wildman–Crippen MR) is 134 cm³/mol. The van der Waals surface area contributed by atoms with E-state index in [1.54, 1.807) is 43.8 Å². The summed E-state index contributed by atoms with van der Waals surface area (Å²) < 4.78 is 5.30. The minimum atomic E-state index is -0.157. The molecule has 0 unspecified atom stereocenters. The summed E-state index contributed by atoms with van der Waals surface area (Å²) in [5.41, 5.74) is 11.0. The van der Waals surface area contributed by atoms with Crippen molar-refractivity contribution in [2.45, 2.75) is 0 Å². The van der Waals surface area contributed by atoms with Gasteiger partial charge >= 0.3 is 0 Å². The molecule has 0 radical (unpaired) electrons. The number of carbonyl (C=O) groups is 1. The van der Waals surface area contributed by atoms with Crippen molar-refractivity contribution in [3.8, 4) is 28.1 Å². The van der Waals surface area contributed by atoms with Crippen LogP contribution >= 0.6 is 22.9 Å². The van der Waals surface area contributed by atoms with E-state index in [1.807, 2.05) is 42.5 Å². The molecule has 0 bridgehead atoms. The normalized spacial score (nSPS) is 11.0. The van der Waals surface area contributed by atoms with Crippen molar-refractivity contribution in [2.75, 3.05) is 12.8 Å². The molecule has 0 saturated heterocycles. The molecule has 7 heteroatoms. The number of benzene rings is 2. The summed E-state index contributed by atoms with van der Waals surface area (Å²) in [6, 6.07) is 20.3. The largest absolute Gasteiger partial charge is 0.497 e. The number of hydrogen-bond acceptors (Lipinski definition) is 6. The van der Waals surface area contributed by atoms with E-state index in [-0.39, 0.29) is 5.78 Å². The van der Waals surface area contributed by atoms with Gasteiger partial charge in [-0.2, -0.15) is 0 Å². The van der Waals surface area contributed by atoms with Gasteiger partial charge in [-0.05, 0) is 65.7 Å². The number of ketones is 1. The Morgan fingerprint density at radius 1 is 1.03 bits per heavy atom. The van der Waals surface area contributed by atoms with E-state index < -0.39 is 0 Å². The van der Waals surface area contributed by atoms with Gasteiger partial charge in [-0.1, -0.05) is 23.7 Å². The fourth-order valence-corrected chi connectivity index (χ4v) is 4.89. The number of fused-ring (bicyclic) bond motifs is 1. The van der Waals surface area contributed by atoms with E-state index in [4.69, 9.17) is 27.1 Å². The topological polar surface area (TPSA) is 78.1 Å². The van der Waals surface area contributed by atoms with Gasteiger partial charge in [0, 0.05) is 33.9 Å². The van der Waals surface area contributed by atoms with Crippen LogP contribution in [-0.4, -0.2) is 22.9 Å². The monoisotopic (exact) mass is 471 g/mol. The van der Waals surface area contributed by atoms with Crippen LogP contribution in [-0.2, 0) is 0 Å². The number of nitrogen functional groups attached to an aromatic ring is 1. The number of methoxy groups -OCH3 is 1. The molecule has 0 atom stereocenters. The molecule has 2 N–H and O–H groups in total. The summed E-state index contributed by atoms with van der Waals surface area (Å²) in [5.74, 6) is 0.601. The first-order valence-electron chi connectivity index (χ1n) is 10.1. The van der Waals surface area contributed by atoms with Crippen LogP contribution in [0.1, 0.15) is 15.2 Å². The maximum atomic E-state index is 13.3. The Morgan fingerprint density at radius 3 is 2.45 bits per heavy atom. The van der Waals surface area contributed by atoms with E-state index >= 15 is 0 Å². The molecule has 0 aliphatic carbocycles. The quantitative estimate of drug-likeness (QED) is 0.296. The summed E-state index contributed by atoms with van der Waals surface area (Å²) in [6.07, 6.45) is 3.49. The van der Waals surface area contributed by atoms with Gasteiger partial charge in [0.05, 0.1) is 18.5 Å². The molecule has 162 valence electrons. The van der Waals surface area contributed by atoms with Gasteiger partial charge in [-0.15, -0.1) is 11.3 Å². The zero-order valence-corrected chi connectivity index (χ0v) is 19.2. The van der Waals surface area contributed by atoms with E-state index in [2.05, 4.69) is 4.98 Å². The lowest BCUT2D eigenvalue weighted by molar-refractivity contribution is 0.104. The third-order valence-corrected chi connectivity index (χ3v) is 6.72. The van der Waals surface area contributed by atoms with Crippen molar-refractivity contribution in [1.29, 1.82) is 0 Å². The molecule has 0 saturated carbocycles. The third-order valence-electron chi connectivity index (χ3n) is 5.37. The van der Waals surface area contributed by atoms with Crippen molar-refractivity contribution < 1.29 is 9.53 Å². The average Bonchev–Trinajstić information content (AvgIpc) is 3.20. The van der Waals surface area contributed by atoms with Crippen LogP contribution in [0.4, 0.5) is 5.69 Å². The molecule has 2 aromatic carbocycles. The number of hydrogen-bond donors (Lipinski definition) is 1. The number of nitrogens with zero attached hydrogens (tertiary/aromatic N) is 2. The number of rotatable bonds is 5. The highest BCUT2D eigenvalue weighted by atomic mass is 35.5. The molecule has 5 aromatic rings. The van der Waals surface area contributed by atoms with Crippen LogP contribution < -0.4 is 10.5 Å². The third kappa shape index (κ3) is 3.95. The number of halogens is 1. The standard InChI is InChI=1S/C26H18ClN3O2S/c1-32-19-10-6-15(7-11-19)20-13-21(17-3-2-12-29-14-17)30-26-22(20)23(28)25(33-26)24(31)16-4-8-18(27)9-5-16/h2-14H,28H2,1H3. The van der Waals surface area contributed by atoms with Crippen LogP contribution in [0.25, 0.3) is 32.6 Å². The molecule has 0 amide bonds. The van der Waals surface area contributed by atoms with E-state index in [9.17, 15) is 4.79 Å². The lowest BCUT2D eigenvalue weighted by atomic mass is 9.99. The van der Waals surface area contributed by atoms with Gasteiger partial charge in [0.25, 0.3) is 0 Å². The first-order valence-corrected chi connectivity index (χ1v) is 11.3. The van der Waals surface area contributed by atoms with Gasteiger partial charge in [-0.25, -0.2) is 4.98 Å². The van der Waals surface area contributed by atoms with Crippen molar-refractivity contribution in [3.63, 3.8) is 0 Å². The molecule has 5 rings (SSSR count). The predicted octanol–water partition coefficient (Wildman–Crippen LogP) is 6.50. The smallest absolute Gasteiger partial charge is 0.205 e. The number of anilines is 1. The van der Waals surface area contributed by atoms with Gasteiger partial charge < -0.3 is 10.5 Å². The Balaban J connectivity index is 1.73. The maximum absolute atomic E-state index is 13.3. The Morgan fingerprint density at radius 2 is 1.79 bits per heavy atom. The van der Waals surface area contributed by atoms with Crippen LogP contribution in [0, 0.1) is 0 Å². The Kier molecular flexibility index (Phi) is 5.54. The minimum Gasteiger partial charge on any atom is -0.497 e. The SMILES string of the molecule is COc1ccc(-c2cc(-c3cccnc3)nc3sc(C(=O)c4ccc(Cl)cc4)c(N)c23)cc1. The molecule has 0 fully saturated rings. The summed E-state index contributed by atoms with van der Waals surface area (Å²) >= 11 is 7.28. The summed E-state index contributed by atoms with van der Waals surface area (Å²) in [5, 5.41) is 1.33. The lowest BCUT2D eigenvalue weighted by Crippen LogP contribution is -2.02. The summed E-state index contributed by atoms with van der Waals surface area (Å²) in [7, 11) is 1.63. The van der Waals surface area contributed by atoms with Crippen LogP contribution in [0.5, 0.6) is 5.75 Å². The number of thiophene rings is 1. The summed E-state index contributed by atoms with van der Waals surface area (Å²) in [4.78, 5) is 23.5. The molecule has 0 aliphatic rings. The second-order valence-electron chi connectivity index (χ2n) is 7.39. The first-order chi connectivity index (χ1) is 16.0. The van der Waals surface area contributed by atoms with E-state index in [0.717, 1.165) is 33.5 Å². The van der Waals surface area contributed by atoms with Crippen molar-refractivity contribution in [1.82, 2.24) is 9.97 Å². The fraction of sp³-hybridized carbons (Fsp3) is 0.0385. The van der Waals surface area contributed by atoms with Crippen molar-refractivity contribution in [2.24, 2.45) is 0 Å². The Labute approximate surface area is 199 Å². The Bertz CT molecular complexity index is 1460. The molecular formula is C26H18ClN3O2S. The molecule has 3 heterocycles. The number of carbonyl (C=O) groups excluding carboxylic acids is 1. The van der Waals surface area contributed by atoms with E-state index in [1.165, 1.54) is 11.3 Å². The van der Waals surface area contributed by atoms with Crippen LogP contribution in [0.2, 0.25) is 5.02 Å². The lowest BCUT2D eigenvalue weighted by Gasteiger charge is -2.09. The second kappa shape index (κ2) is 8.65. The average molecular weight is 472 g/mol. The highest BCUT2D eigenvalue weighted by Crippen LogP contribution is 2.42. The molecule has 3 aromatic heterocycles. The molecule has 33 heavy (non-hydrogen) atoms. The minimum absolute atomic E-state index is 0.157. The first kappa shape index (κ1) is 21.1. The van der Waals surface area contributed by atoms with Gasteiger partial charge in [0.2, 0.25) is 5.78 Å². The second-order valence-corrected chi connectivity index (χ2v) is 8.82. The van der Waals surface area contributed by atoms with Gasteiger partial charge in [0.1, 0.15) is 15.5 Å². The Hall–Kier alpha value is -3.74. The summed E-state index contributed by atoms with van der Waals surface area (Å²) in [6.45, 7) is 0. The number of aromatic nitrogens is 2. The molecule has 5 nitrogen and oxygen atoms in total. The van der Waals surface area contributed by atoms with Crippen LogP contribution in [0.3, 0.4) is 0 Å². The zero-order valence-electron chi connectivity index (χ0n) is 17.6. The van der Waals surface area contributed by atoms with Crippen LogP contribution in [0.15, 0.2) is 79.1 Å². The number of nitrogens with two attached hydrogens (primary N) is 1. The number of pyridine rings is 2. The van der Waals surface area contributed by atoms with Gasteiger partial charge in [0.15, 0.2) is 0 Å². The maximum Gasteiger partial charge on any atom is 0.205 e.